The lowest BCUT2D eigenvalue weighted by molar-refractivity contribution is 0.0962. The lowest BCUT2D eigenvalue weighted by atomic mass is 10.2. The number of carbonyl (C=O) groups excluding carboxylic acids is 1. The molecule has 0 radical (unpaired) electrons. The highest BCUT2D eigenvalue weighted by molar-refractivity contribution is 5.93. The number of carbonyl (C=O) groups is 1. The third-order valence-electron chi connectivity index (χ3n) is 4.46. The number of rotatable bonds is 5. The minimum Gasteiger partial charge on any atom is -0.405 e. The van der Waals surface area contributed by atoms with Crippen molar-refractivity contribution in [1.82, 2.24) is 30.2 Å². The van der Waals surface area contributed by atoms with E-state index in [0.717, 1.165) is 31.7 Å². The van der Waals surface area contributed by atoms with Crippen LogP contribution in [-0.4, -0.2) is 71.0 Å². The Labute approximate surface area is 158 Å². The van der Waals surface area contributed by atoms with Gasteiger partial charge in [0.1, 0.15) is 5.82 Å². The van der Waals surface area contributed by atoms with E-state index in [4.69, 9.17) is 4.74 Å². The van der Waals surface area contributed by atoms with Crippen LogP contribution in [0.2, 0.25) is 0 Å². The number of pyridine rings is 1. The van der Waals surface area contributed by atoms with Crippen molar-refractivity contribution in [2.45, 2.75) is 20.3 Å². The first-order chi connectivity index (χ1) is 13.0. The molecule has 0 saturated carbocycles. The van der Waals surface area contributed by atoms with Gasteiger partial charge in [-0.15, -0.1) is 0 Å². The highest BCUT2D eigenvalue weighted by atomic mass is 16.5. The van der Waals surface area contributed by atoms with Gasteiger partial charge in [-0.2, -0.15) is 15.0 Å². The van der Waals surface area contributed by atoms with Gasteiger partial charge in [0.2, 0.25) is 11.8 Å². The Morgan fingerprint density at radius 3 is 2.59 bits per heavy atom. The first-order valence-electron chi connectivity index (χ1n) is 9.05. The molecule has 0 spiro atoms. The maximum absolute atomic E-state index is 11.7. The summed E-state index contributed by atoms with van der Waals surface area (Å²) in [5.74, 6) is 1.49. The second-order valence-corrected chi connectivity index (χ2v) is 6.51. The molecule has 1 fully saturated rings. The predicted molar refractivity (Wildman–Crippen MR) is 101 cm³/mol. The summed E-state index contributed by atoms with van der Waals surface area (Å²) in [6.07, 6.45) is 2.16. The van der Waals surface area contributed by atoms with Gasteiger partial charge in [-0.3, -0.25) is 4.79 Å². The van der Waals surface area contributed by atoms with Crippen molar-refractivity contribution in [2.24, 2.45) is 0 Å². The Balaban J connectivity index is 1.84. The van der Waals surface area contributed by atoms with Gasteiger partial charge in [0.25, 0.3) is 5.91 Å². The fourth-order valence-electron chi connectivity index (χ4n) is 2.76. The SMILES string of the molecule is CCc1nc(Oc2ncc(C(=O)NC)cc2C)nc(N2CCN(C)CC2)n1. The van der Waals surface area contributed by atoms with Gasteiger partial charge in [0.05, 0.1) is 5.56 Å². The Morgan fingerprint density at radius 2 is 1.96 bits per heavy atom. The number of nitrogens with one attached hydrogen (secondary N) is 1. The average Bonchev–Trinajstić information content (AvgIpc) is 2.69. The second kappa shape index (κ2) is 8.26. The Bertz CT molecular complexity index is 819. The van der Waals surface area contributed by atoms with Crippen LogP contribution in [0.3, 0.4) is 0 Å². The smallest absolute Gasteiger partial charge is 0.328 e. The van der Waals surface area contributed by atoms with E-state index in [1.54, 1.807) is 13.1 Å². The number of nitrogens with zero attached hydrogens (tertiary/aromatic N) is 6. The van der Waals surface area contributed by atoms with Gasteiger partial charge in [0.15, 0.2) is 0 Å². The van der Waals surface area contributed by atoms with E-state index in [1.807, 2.05) is 13.8 Å². The first-order valence-corrected chi connectivity index (χ1v) is 9.05. The standard InChI is InChI=1S/C18H25N7O2/c1-5-14-21-17(25-8-6-24(4)7-9-25)23-18(22-14)27-16-12(2)10-13(11-20-16)15(26)19-3/h10-11H,5-9H2,1-4H3,(H,19,26). The monoisotopic (exact) mass is 371 g/mol. The normalized spacial score (nSPS) is 14.9. The number of hydrogen-bond acceptors (Lipinski definition) is 8. The van der Waals surface area contributed by atoms with Crippen LogP contribution in [0.1, 0.15) is 28.7 Å². The average molecular weight is 371 g/mol. The van der Waals surface area contributed by atoms with Gasteiger partial charge in [0, 0.05) is 51.4 Å². The fourth-order valence-corrected chi connectivity index (χ4v) is 2.76. The van der Waals surface area contributed by atoms with Crippen LogP contribution in [0.25, 0.3) is 0 Å². The zero-order chi connectivity index (χ0) is 19.4. The van der Waals surface area contributed by atoms with Gasteiger partial charge in [-0.05, 0) is 20.0 Å². The molecule has 1 amide bonds. The summed E-state index contributed by atoms with van der Waals surface area (Å²) < 4.78 is 5.83. The van der Waals surface area contributed by atoms with Crippen LogP contribution >= 0.6 is 0 Å². The van der Waals surface area contributed by atoms with Crippen molar-refractivity contribution < 1.29 is 9.53 Å². The van der Waals surface area contributed by atoms with Crippen molar-refractivity contribution in [3.63, 3.8) is 0 Å². The molecule has 2 aromatic rings. The predicted octanol–water partition coefficient (Wildman–Crippen LogP) is 1.04. The van der Waals surface area contributed by atoms with Crippen LogP contribution in [0.4, 0.5) is 5.95 Å². The molecule has 0 aliphatic carbocycles. The maximum atomic E-state index is 11.7. The van der Waals surface area contributed by atoms with E-state index in [2.05, 4.69) is 42.1 Å². The molecule has 144 valence electrons. The summed E-state index contributed by atoms with van der Waals surface area (Å²) in [7, 11) is 3.69. The molecule has 1 saturated heterocycles. The topological polar surface area (TPSA) is 96.4 Å². The molecule has 1 N–H and O–H groups in total. The summed E-state index contributed by atoms with van der Waals surface area (Å²) in [4.78, 5) is 33.8. The highest BCUT2D eigenvalue weighted by Crippen LogP contribution is 2.22. The number of amides is 1. The third-order valence-corrected chi connectivity index (χ3v) is 4.46. The van der Waals surface area contributed by atoms with E-state index in [9.17, 15) is 4.79 Å². The third kappa shape index (κ3) is 4.48. The molecule has 0 bridgehead atoms. The van der Waals surface area contributed by atoms with E-state index >= 15 is 0 Å². The lowest BCUT2D eigenvalue weighted by Gasteiger charge is -2.32. The largest absolute Gasteiger partial charge is 0.405 e. The van der Waals surface area contributed by atoms with Crippen molar-refractivity contribution in [1.29, 1.82) is 0 Å². The van der Waals surface area contributed by atoms with E-state index in [-0.39, 0.29) is 11.9 Å². The van der Waals surface area contributed by atoms with Crippen molar-refractivity contribution in [2.75, 3.05) is 45.2 Å². The molecule has 9 heteroatoms. The fraction of sp³-hybridized carbons (Fsp3) is 0.500. The lowest BCUT2D eigenvalue weighted by Crippen LogP contribution is -2.45. The van der Waals surface area contributed by atoms with E-state index < -0.39 is 0 Å². The van der Waals surface area contributed by atoms with Crippen molar-refractivity contribution >= 4 is 11.9 Å². The summed E-state index contributed by atoms with van der Waals surface area (Å²) in [5, 5.41) is 2.58. The van der Waals surface area contributed by atoms with Crippen LogP contribution in [0, 0.1) is 6.92 Å². The summed E-state index contributed by atoms with van der Waals surface area (Å²) >= 11 is 0. The van der Waals surface area contributed by atoms with Crippen molar-refractivity contribution in [3.05, 3.63) is 29.2 Å². The number of aryl methyl sites for hydroxylation is 2. The summed E-state index contributed by atoms with van der Waals surface area (Å²) in [6, 6.07) is 1.95. The molecule has 0 unspecified atom stereocenters. The maximum Gasteiger partial charge on any atom is 0.328 e. The van der Waals surface area contributed by atoms with Crippen LogP contribution in [-0.2, 0) is 6.42 Å². The molecular formula is C18H25N7O2. The molecule has 3 rings (SSSR count). The molecule has 2 aromatic heterocycles. The van der Waals surface area contributed by atoms with Gasteiger partial charge >= 0.3 is 6.01 Å². The highest BCUT2D eigenvalue weighted by Gasteiger charge is 2.19. The summed E-state index contributed by atoms with van der Waals surface area (Å²) in [6.45, 7) is 7.48. The minimum absolute atomic E-state index is 0.192. The Morgan fingerprint density at radius 1 is 1.22 bits per heavy atom. The number of aromatic nitrogens is 4. The zero-order valence-electron chi connectivity index (χ0n) is 16.2. The number of hydrogen-bond donors (Lipinski definition) is 1. The quantitative estimate of drug-likeness (QED) is 0.833. The second-order valence-electron chi connectivity index (χ2n) is 6.51. The van der Waals surface area contributed by atoms with Gasteiger partial charge in [-0.1, -0.05) is 6.92 Å². The molecule has 3 heterocycles. The molecule has 1 aliphatic rings. The zero-order valence-corrected chi connectivity index (χ0v) is 16.2. The minimum atomic E-state index is -0.192. The van der Waals surface area contributed by atoms with Gasteiger partial charge < -0.3 is 19.9 Å². The van der Waals surface area contributed by atoms with Gasteiger partial charge in [-0.25, -0.2) is 4.98 Å². The molecule has 0 aromatic carbocycles. The summed E-state index contributed by atoms with van der Waals surface area (Å²) in [5.41, 5.74) is 1.21. The van der Waals surface area contributed by atoms with Crippen LogP contribution in [0.5, 0.6) is 11.9 Å². The van der Waals surface area contributed by atoms with Crippen LogP contribution in [0.15, 0.2) is 12.3 Å². The first kappa shape index (κ1) is 19.0. The molecule has 0 atom stereocenters. The van der Waals surface area contributed by atoms with Crippen molar-refractivity contribution in [3.8, 4) is 11.9 Å². The van der Waals surface area contributed by atoms with E-state index in [0.29, 0.717) is 29.6 Å². The molecule has 1 aliphatic heterocycles. The molecule has 27 heavy (non-hydrogen) atoms. The van der Waals surface area contributed by atoms with Crippen LogP contribution < -0.4 is 15.0 Å². The number of ether oxygens (including phenoxy) is 1. The number of piperazine rings is 1. The number of likely N-dealkylation sites (N-methyl/N-ethyl adjacent to an activating group) is 1. The molecular weight excluding hydrogens is 346 g/mol. The molecule has 9 nitrogen and oxygen atoms in total. The Kier molecular flexibility index (Phi) is 5.80. The van der Waals surface area contributed by atoms with E-state index in [1.165, 1.54) is 6.20 Å². The Hall–Kier alpha value is -2.81. The number of anilines is 1.